The number of nitrogens with one attached hydrogen (secondary N) is 1. The van der Waals surface area contributed by atoms with Gasteiger partial charge in [0.2, 0.25) is 0 Å². The SMILES string of the molecule is C=CCN(C[C@@H]1CC(c2ccc(C)cc2)=NO1)C(=O)NC(C)C. The average Bonchev–Trinajstić information content (AvgIpc) is 2.95. The largest absolute Gasteiger partial charge is 0.390 e. The minimum Gasteiger partial charge on any atom is -0.390 e. The van der Waals surface area contributed by atoms with Crippen LogP contribution in [0, 0.1) is 6.92 Å². The van der Waals surface area contributed by atoms with Gasteiger partial charge < -0.3 is 15.1 Å². The van der Waals surface area contributed by atoms with Gasteiger partial charge in [0.1, 0.15) is 0 Å². The Morgan fingerprint density at radius 3 is 2.78 bits per heavy atom. The lowest BCUT2D eigenvalue weighted by atomic mass is 10.0. The molecule has 1 aromatic rings. The maximum atomic E-state index is 12.2. The third-order valence-corrected chi connectivity index (χ3v) is 3.59. The van der Waals surface area contributed by atoms with E-state index in [2.05, 4.69) is 36.1 Å². The van der Waals surface area contributed by atoms with Crippen molar-refractivity contribution in [1.82, 2.24) is 10.2 Å². The predicted molar refractivity (Wildman–Crippen MR) is 92.6 cm³/mol. The van der Waals surface area contributed by atoms with E-state index in [-0.39, 0.29) is 18.2 Å². The van der Waals surface area contributed by atoms with Crippen LogP contribution >= 0.6 is 0 Å². The van der Waals surface area contributed by atoms with Crippen LogP contribution in [0.3, 0.4) is 0 Å². The zero-order valence-electron chi connectivity index (χ0n) is 14.1. The van der Waals surface area contributed by atoms with E-state index in [9.17, 15) is 4.79 Å². The monoisotopic (exact) mass is 315 g/mol. The number of amides is 2. The maximum Gasteiger partial charge on any atom is 0.318 e. The van der Waals surface area contributed by atoms with E-state index < -0.39 is 0 Å². The van der Waals surface area contributed by atoms with Crippen molar-refractivity contribution in [2.75, 3.05) is 13.1 Å². The Bertz CT molecular complexity index is 578. The van der Waals surface area contributed by atoms with Crippen LogP contribution in [-0.2, 0) is 4.84 Å². The molecule has 5 heteroatoms. The Morgan fingerprint density at radius 2 is 2.17 bits per heavy atom. The molecule has 0 unspecified atom stereocenters. The Morgan fingerprint density at radius 1 is 1.48 bits per heavy atom. The van der Waals surface area contributed by atoms with Crippen molar-refractivity contribution in [1.29, 1.82) is 0 Å². The topological polar surface area (TPSA) is 53.9 Å². The average molecular weight is 315 g/mol. The molecule has 0 saturated heterocycles. The Labute approximate surface area is 138 Å². The first-order chi connectivity index (χ1) is 11.0. The van der Waals surface area contributed by atoms with Crippen LogP contribution in [0.4, 0.5) is 4.79 Å². The first-order valence-corrected chi connectivity index (χ1v) is 7.95. The molecule has 0 fully saturated rings. The van der Waals surface area contributed by atoms with Gasteiger partial charge in [0.05, 0.1) is 12.3 Å². The summed E-state index contributed by atoms with van der Waals surface area (Å²) in [5, 5.41) is 7.08. The third kappa shape index (κ3) is 4.84. The van der Waals surface area contributed by atoms with Gasteiger partial charge >= 0.3 is 6.03 Å². The molecule has 1 N–H and O–H groups in total. The number of rotatable bonds is 6. The predicted octanol–water partition coefficient (Wildman–Crippen LogP) is 3.09. The van der Waals surface area contributed by atoms with Crippen LogP contribution in [0.1, 0.15) is 31.4 Å². The lowest BCUT2D eigenvalue weighted by Gasteiger charge is -2.24. The van der Waals surface area contributed by atoms with Gasteiger partial charge in [-0.3, -0.25) is 0 Å². The summed E-state index contributed by atoms with van der Waals surface area (Å²) in [6, 6.07) is 8.21. The summed E-state index contributed by atoms with van der Waals surface area (Å²) >= 11 is 0. The molecule has 1 atom stereocenters. The Hall–Kier alpha value is -2.30. The lowest BCUT2D eigenvalue weighted by molar-refractivity contribution is 0.0626. The number of nitrogens with zero attached hydrogens (tertiary/aromatic N) is 2. The van der Waals surface area contributed by atoms with Crippen molar-refractivity contribution in [3.8, 4) is 0 Å². The third-order valence-electron chi connectivity index (χ3n) is 3.59. The van der Waals surface area contributed by atoms with Gasteiger partial charge in [-0.2, -0.15) is 0 Å². The van der Waals surface area contributed by atoms with Crippen LogP contribution in [0.25, 0.3) is 0 Å². The molecule has 1 aromatic carbocycles. The normalized spacial score (nSPS) is 16.7. The summed E-state index contributed by atoms with van der Waals surface area (Å²) in [7, 11) is 0. The highest BCUT2D eigenvalue weighted by Gasteiger charge is 2.26. The Balaban J connectivity index is 1.94. The molecule has 0 bridgehead atoms. The fourth-order valence-corrected chi connectivity index (χ4v) is 2.42. The van der Waals surface area contributed by atoms with Crippen LogP contribution in [0.15, 0.2) is 42.1 Å². The number of oxime groups is 1. The van der Waals surface area contributed by atoms with Crippen molar-refractivity contribution in [3.63, 3.8) is 0 Å². The number of hydrogen-bond donors (Lipinski definition) is 1. The molecule has 0 saturated carbocycles. The highest BCUT2D eigenvalue weighted by Crippen LogP contribution is 2.18. The number of urea groups is 1. The molecule has 2 rings (SSSR count). The minimum atomic E-state index is -0.121. The lowest BCUT2D eigenvalue weighted by Crippen LogP contribution is -2.46. The molecule has 1 heterocycles. The molecule has 1 aliphatic heterocycles. The first kappa shape index (κ1) is 17.1. The van der Waals surface area contributed by atoms with Gasteiger partial charge in [-0.25, -0.2) is 4.79 Å². The maximum absolute atomic E-state index is 12.2. The van der Waals surface area contributed by atoms with E-state index in [4.69, 9.17) is 4.84 Å². The number of carbonyl (C=O) groups excluding carboxylic acids is 1. The quantitative estimate of drug-likeness (QED) is 0.820. The summed E-state index contributed by atoms with van der Waals surface area (Å²) < 4.78 is 0. The van der Waals surface area contributed by atoms with Crippen molar-refractivity contribution < 1.29 is 9.63 Å². The van der Waals surface area contributed by atoms with Crippen LogP contribution in [0.2, 0.25) is 0 Å². The second kappa shape index (κ2) is 7.81. The summed E-state index contributed by atoms with van der Waals surface area (Å²) in [5.74, 6) is 0. The highest BCUT2D eigenvalue weighted by atomic mass is 16.6. The number of hydrogen-bond acceptors (Lipinski definition) is 3. The van der Waals surface area contributed by atoms with Gasteiger partial charge in [0.25, 0.3) is 0 Å². The molecule has 2 amide bonds. The van der Waals surface area contributed by atoms with E-state index >= 15 is 0 Å². The standard InChI is InChI=1S/C18H25N3O2/c1-5-10-21(18(22)19-13(2)3)12-16-11-17(20-23-16)15-8-6-14(4)7-9-15/h5-9,13,16H,1,10-12H2,2-4H3,(H,19,22)/t16-/m0/s1. The number of aryl methyl sites for hydroxylation is 1. The van der Waals surface area contributed by atoms with Gasteiger partial charge in [-0.15, -0.1) is 6.58 Å². The second-order valence-corrected chi connectivity index (χ2v) is 6.13. The van der Waals surface area contributed by atoms with Crippen LogP contribution in [0.5, 0.6) is 0 Å². The van der Waals surface area contributed by atoms with E-state index in [1.54, 1.807) is 11.0 Å². The van der Waals surface area contributed by atoms with Crippen molar-refractivity contribution in [3.05, 3.63) is 48.0 Å². The molecule has 0 radical (unpaired) electrons. The number of carbonyl (C=O) groups is 1. The summed E-state index contributed by atoms with van der Waals surface area (Å²) in [4.78, 5) is 19.4. The zero-order valence-corrected chi connectivity index (χ0v) is 14.1. The van der Waals surface area contributed by atoms with Crippen LogP contribution in [-0.4, -0.2) is 41.9 Å². The first-order valence-electron chi connectivity index (χ1n) is 7.95. The molecule has 0 aromatic heterocycles. The highest BCUT2D eigenvalue weighted by molar-refractivity contribution is 6.01. The molecule has 23 heavy (non-hydrogen) atoms. The van der Waals surface area contributed by atoms with E-state index in [1.807, 2.05) is 26.0 Å². The number of benzene rings is 1. The van der Waals surface area contributed by atoms with E-state index in [0.717, 1.165) is 11.3 Å². The zero-order chi connectivity index (χ0) is 16.8. The van der Waals surface area contributed by atoms with Gasteiger partial charge in [-0.05, 0) is 26.3 Å². The van der Waals surface area contributed by atoms with Crippen molar-refractivity contribution in [2.45, 2.75) is 39.3 Å². The molecule has 0 aliphatic carbocycles. The Kier molecular flexibility index (Phi) is 5.79. The van der Waals surface area contributed by atoms with Gasteiger partial charge in [0.15, 0.2) is 6.10 Å². The summed E-state index contributed by atoms with van der Waals surface area (Å²) in [6.07, 6.45) is 2.30. The second-order valence-electron chi connectivity index (χ2n) is 6.13. The summed E-state index contributed by atoms with van der Waals surface area (Å²) in [6.45, 7) is 10.6. The van der Waals surface area contributed by atoms with E-state index in [1.165, 1.54) is 5.56 Å². The molecule has 124 valence electrons. The smallest absolute Gasteiger partial charge is 0.318 e. The molecule has 5 nitrogen and oxygen atoms in total. The van der Waals surface area contributed by atoms with Crippen molar-refractivity contribution in [2.24, 2.45) is 5.16 Å². The van der Waals surface area contributed by atoms with E-state index in [0.29, 0.717) is 19.5 Å². The molecular weight excluding hydrogens is 290 g/mol. The summed E-state index contributed by atoms with van der Waals surface area (Å²) in [5.41, 5.74) is 3.21. The molecule has 1 aliphatic rings. The van der Waals surface area contributed by atoms with Gasteiger partial charge in [0, 0.05) is 19.0 Å². The molecule has 0 spiro atoms. The fourth-order valence-electron chi connectivity index (χ4n) is 2.42. The fraction of sp³-hybridized carbons (Fsp3) is 0.444. The van der Waals surface area contributed by atoms with Crippen molar-refractivity contribution >= 4 is 11.7 Å². The molecular formula is C18H25N3O2. The van der Waals surface area contributed by atoms with Gasteiger partial charge in [-0.1, -0.05) is 41.1 Å². The van der Waals surface area contributed by atoms with Crippen LogP contribution < -0.4 is 5.32 Å². The minimum absolute atomic E-state index is 0.0960.